The fourth-order valence-corrected chi connectivity index (χ4v) is 2.11. The normalized spacial score (nSPS) is 11.9. The molecule has 0 aromatic heterocycles. The monoisotopic (exact) mass is 271 g/mol. The quantitative estimate of drug-likeness (QED) is 0.840. The highest BCUT2D eigenvalue weighted by Crippen LogP contribution is 2.22. The highest BCUT2D eigenvalue weighted by Gasteiger charge is 2.06. The van der Waals surface area contributed by atoms with Gasteiger partial charge >= 0.3 is 0 Å². The topological polar surface area (TPSA) is 41.5 Å². The number of anilines is 1. The molecule has 2 rings (SSSR count). The summed E-state index contributed by atoms with van der Waals surface area (Å²) in [5.74, 6) is 0.894. The van der Waals surface area contributed by atoms with Crippen LogP contribution in [0.2, 0.25) is 0 Å². The summed E-state index contributed by atoms with van der Waals surface area (Å²) in [6.45, 7) is 4.83. The number of hydrogen-bond donors (Lipinski definition) is 2. The van der Waals surface area contributed by atoms with Crippen LogP contribution in [0.5, 0.6) is 5.75 Å². The number of hydrogen-bond acceptors (Lipinski definition) is 3. The lowest BCUT2D eigenvalue weighted by Gasteiger charge is -2.16. The lowest BCUT2D eigenvalue weighted by Crippen LogP contribution is -2.06. The molecule has 0 heterocycles. The van der Waals surface area contributed by atoms with E-state index in [-0.39, 0.29) is 12.6 Å². The zero-order chi connectivity index (χ0) is 14.4. The van der Waals surface area contributed by atoms with E-state index < -0.39 is 0 Å². The van der Waals surface area contributed by atoms with Gasteiger partial charge in [0, 0.05) is 11.7 Å². The van der Waals surface area contributed by atoms with Crippen molar-refractivity contribution < 1.29 is 9.84 Å². The van der Waals surface area contributed by atoms with E-state index in [0.717, 1.165) is 17.0 Å². The maximum atomic E-state index is 9.15. The molecular weight excluding hydrogens is 250 g/mol. The first-order chi connectivity index (χ1) is 9.72. The van der Waals surface area contributed by atoms with Gasteiger partial charge < -0.3 is 15.2 Å². The Balaban J connectivity index is 2.05. The summed E-state index contributed by atoms with van der Waals surface area (Å²) < 4.78 is 5.44. The van der Waals surface area contributed by atoms with E-state index in [9.17, 15) is 0 Å². The first-order valence-corrected chi connectivity index (χ1v) is 6.92. The standard InChI is InChI=1S/C17H21NO2/c1-3-20-17-9-7-15(8-10-17)13(2)18-16-6-4-5-14(11-16)12-19/h4-11,13,18-19H,3,12H2,1-2H3. The molecule has 3 nitrogen and oxygen atoms in total. The third-order valence-corrected chi connectivity index (χ3v) is 3.18. The molecule has 1 atom stereocenters. The van der Waals surface area contributed by atoms with Gasteiger partial charge in [-0.2, -0.15) is 0 Å². The summed E-state index contributed by atoms with van der Waals surface area (Å²) in [6.07, 6.45) is 0. The first kappa shape index (κ1) is 14.4. The Morgan fingerprint density at radius 3 is 2.55 bits per heavy atom. The molecule has 0 saturated heterocycles. The van der Waals surface area contributed by atoms with Crippen LogP contribution >= 0.6 is 0 Å². The highest BCUT2D eigenvalue weighted by atomic mass is 16.5. The lowest BCUT2D eigenvalue weighted by molar-refractivity contribution is 0.282. The van der Waals surface area contributed by atoms with Gasteiger partial charge in [0.05, 0.1) is 13.2 Å². The van der Waals surface area contributed by atoms with E-state index in [4.69, 9.17) is 9.84 Å². The Bertz CT molecular complexity index is 537. The second-order valence-corrected chi connectivity index (χ2v) is 4.73. The first-order valence-electron chi connectivity index (χ1n) is 6.92. The van der Waals surface area contributed by atoms with Crippen molar-refractivity contribution in [3.8, 4) is 5.75 Å². The molecule has 0 radical (unpaired) electrons. The predicted molar refractivity (Wildman–Crippen MR) is 82.0 cm³/mol. The van der Waals surface area contributed by atoms with Crippen LogP contribution in [0, 0.1) is 0 Å². The average molecular weight is 271 g/mol. The molecule has 2 aromatic carbocycles. The van der Waals surface area contributed by atoms with Crippen molar-refractivity contribution in [2.75, 3.05) is 11.9 Å². The highest BCUT2D eigenvalue weighted by molar-refractivity contribution is 5.47. The minimum atomic E-state index is 0.0625. The van der Waals surface area contributed by atoms with Gasteiger partial charge in [0.25, 0.3) is 0 Å². The summed E-state index contributed by atoms with van der Waals surface area (Å²) in [4.78, 5) is 0. The summed E-state index contributed by atoms with van der Waals surface area (Å²) in [6, 6.07) is 16.1. The van der Waals surface area contributed by atoms with Crippen LogP contribution in [0.1, 0.15) is 31.0 Å². The van der Waals surface area contributed by atoms with Crippen molar-refractivity contribution in [1.82, 2.24) is 0 Å². The van der Waals surface area contributed by atoms with Crippen molar-refractivity contribution in [2.45, 2.75) is 26.5 Å². The van der Waals surface area contributed by atoms with Gasteiger partial charge in [-0.05, 0) is 49.2 Å². The van der Waals surface area contributed by atoms with Crippen LogP contribution in [0.25, 0.3) is 0 Å². The number of benzene rings is 2. The second-order valence-electron chi connectivity index (χ2n) is 4.73. The van der Waals surface area contributed by atoms with Crippen LogP contribution < -0.4 is 10.1 Å². The molecule has 0 bridgehead atoms. The average Bonchev–Trinajstić information content (AvgIpc) is 2.48. The molecule has 3 heteroatoms. The number of aliphatic hydroxyl groups is 1. The summed E-state index contributed by atoms with van der Waals surface area (Å²) in [7, 11) is 0. The van der Waals surface area contributed by atoms with Gasteiger partial charge in [-0.1, -0.05) is 24.3 Å². The molecule has 20 heavy (non-hydrogen) atoms. The van der Waals surface area contributed by atoms with Gasteiger partial charge in [0.1, 0.15) is 5.75 Å². The molecule has 0 fully saturated rings. The fraction of sp³-hybridized carbons (Fsp3) is 0.294. The smallest absolute Gasteiger partial charge is 0.119 e. The van der Waals surface area contributed by atoms with Crippen LogP contribution in [-0.4, -0.2) is 11.7 Å². The zero-order valence-corrected chi connectivity index (χ0v) is 12.0. The van der Waals surface area contributed by atoms with E-state index in [1.54, 1.807) is 0 Å². The van der Waals surface area contributed by atoms with Crippen LogP contribution in [-0.2, 0) is 6.61 Å². The summed E-state index contributed by atoms with van der Waals surface area (Å²) in [5.41, 5.74) is 3.12. The SMILES string of the molecule is CCOc1ccc(C(C)Nc2cccc(CO)c2)cc1. The maximum absolute atomic E-state index is 9.15. The van der Waals surface area contributed by atoms with Crippen molar-refractivity contribution in [3.05, 3.63) is 59.7 Å². The molecule has 2 N–H and O–H groups in total. The van der Waals surface area contributed by atoms with Gasteiger partial charge in [-0.25, -0.2) is 0 Å². The lowest BCUT2D eigenvalue weighted by atomic mass is 10.1. The third-order valence-electron chi connectivity index (χ3n) is 3.18. The van der Waals surface area contributed by atoms with E-state index in [2.05, 4.69) is 24.4 Å². The molecule has 2 aromatic rings. The Morgan fingerprint density at radius 2 is 1.90 bits per heavy atom. The van der Waals surface area contributed by atoms with Gasteiger partial charge in [-0.3, -0.25) is 0 Å². The molecule has 106 valence electrons. The molecule has 0 aliphatic rings. The minimum Gasteiger partial charge on any atom is -0.494 e. The largest absolute Gasteiger partial charge is 0.494 e. The van der Waals surface area contributed by atoms with Crippen molar-refractivity contribution >= 4 is 5.69 Å². The second kappa shape index (κ2) is 6.96. The van der Waals surface area contributed by atoms with Crippen LogP contribution in [0.4, 0.5) is 5.69 Å². The molecule has 0 spiro atoms. The molecule has 0 amide bonds. The summed E-state index contributed by atoms with van der Waals surface area (Å²) in [5, 5.41) is 12.6. The molecule has 0 aliphatic heterocycles. The molecule has 0 saturated carbocycles. The van der Waals surface area contributed by atoms with Crippen LogP contribution in [0.3, 0.4) is 0 Å². The summed E-state index contributed by atoms with van der Waals surface area (Å²) >= 11 is 0. The van der Waals surface area contributed by atoms with E-state index in [1.165, 1.54) is 5.56 Å². The van der Waals surface area contributed by atoms with Gasteiger partial charge in [-0.15, -0.1) is 0 Å². The predicted octanol–water partition coefficient (Wildman–Crippen LogP) is 3.75. The van der Waals surface area contributed by atoms with Crippen molar-refractivity contribution in [2.24, 2.45) is 0 Å². The molecule has 0 aliphatic carbocycles. The Morgan fingerprint density at radius 1 is 1.15 bits per heavy atom. The maximum Gasteiger partial charge on any atom is 0.119 e. The van der Waals surface area contributed by atoms with E-state index in [1.807, 2.05) is 43.3 Å². The Hall–Kier alpha value is -2.00. The Labute approximate surface area is 120 Å². The van der Waals surface area contributed by atoms with E-state index in [0.29, 0.717) is 6.61 Å². The van der Waals surface area contributed by atoms with Crippen molar-refractivity contribution in [1.29, 1.82) is 0 Å². The molecule has 1 unspecified atom stereocenters. The Kier molecular flexibility index (Phi) is 5.02. The van der Waals surface area contributed by atoms with Gasteiger partial charge in [0.2, 0.25) is 0 Å². The minimum absolute atomic E-state index is 0.0625. The van der Waals surface area contributed by atoms with Crippen LogP contribution in [0.15, 0.2) is 48.5 Å². The number of nitrogens with one attached hydrogen (secondary N) is 1. The number of rotatable bonds is 6. The molecular formula is C17H21NO2. The third kappa shape index (κ3) is 3.75. The number of ether oxygens (including phenoxy) is 1. The van der Waals surface area contributed by atoms with Gasteiger partial charge in [0.15, 0.2) is 0 Å². The van der Waals surface area contributed by atoms with E-state index >= 15 is 0 Å². The fourth-order valence-electron chi connectivity index (χ4n) is 2.11. The zero-order valence-electron chi connectivity index (χ0n) is 12.0. The van der Waals surface area contributed by atoms with Crippen molar-refractivity contribution in [3.63, 3.8) is 0 Å². The number of aliphatic hydroxyl groups excluding tert-OH is 1.